The Hall–Kier alpha value is -0.220. The normalized spacial score (nSPS) is 38.1. The summed E-state index contributed by atoms with van der Waals surface area (Å²) in [6, 6.07) is 0. The zero-order chi connectivity index (χ0) is 13.5. The van der Waals surface area contributed by atoms with Crippen molar-refractivity contribution in [3.63, 3.8) is 0 Å². The summed E-state index contributed by atoms with van der Waals surface area (Å²) in [6.45, 7) is 5.22. The highest BCUT2D eigenvalue weighted by Gasteiger charge is 2.60. The third-order valence-electron chi connectivity index (χ3n) is 5.02. The molecule has 3 rings (SSSR count). The molecule has 4 heteroatoms. The Morgan fingerprint density at radius 1 is 1.26 bits per heavy atom. The SMILES string of the molecule is CC1(C)C2OCCCC2C1OC(=O)C1CCSCC1. The van der Waals surface area contributed by atoms with E-state index in [1.54, 1.807) is 0 Å². The summed E-state index contributed by atoms with van der Waals surface area (Å²) in [5.74, 6) is 2.82. The highest BCUT2D eigenvalue weighted by Crippen LogP contribution is 2.53. The van der Waals surface area contributed by atoms with E-state index in [1.807, 2.05) is 11.8 Å². The zero-order valence-corrected chi connectivity index (χ0v) is 12.7. The number of hydrogen-bond acceptors (Lipinski definition) is 4. The van der Waals surface area contributed by atoms with E-state index in [-0.39, 0.29) is 23.4 Å². The lowest BCUT2D eigenvalue weighted by atomic mass is 9.56. The third kappa shape index (κ3) is 2.42. The first-order valence-electron chi connectivity index (χ1n) is 7.50. The van der Waals surface area contributed by atoms with Crippen LogP contribution in [0.5, 0.6) is 0 Å². The molecule has 0 amide bonds. The molecule has 19 heavy (non-hydrogen) atoms. The summed E-state index contributed by atoms with van der Waals surface area (Å²) in [7, 11) is 0. The molecule has 0 spiro atoms. The van der Waals surface area contributed by atoms with Crippen molar-refractivity contribution in [2.75, 3.05) is 18.1 Å². The molecule has 3 atom stereocenters. The fourth-order valence-corrected chi connectivity index (χ4v) is 4.98. The standard InChI is InChI=1S/C15H24O3S/c1-15(2)12-11(4-3-7-17-12)13(15)18-14(16)10-5-8-19-9-6-10/h10-13H,3-9H2,1-2H3. The van der Waals surface area contributed by atoms with E-state index < -0.39 is 0 Å². The molecular formula is C15H24O3S. The molecule has 0 radical (unpaired) electrons. The first-order valence-corrected chi connectivity index (χ1v) is 8.66. The van der Waals surface area contributed by atoms with Crippen LogP contribution in [0.2, 0.25) is 0 Å². The number of esters is 1. The monoisotopic (exact) mass is 284 g/mol. The van der Waals surface area contributed by atoms with Gasteiger partial charge in [-0.25, -0.2) is 0 Å². The van der Waals surface area contributed by atoms with Crippen LogP contribution in [0.1, 0.15) is 39.5 Å². The van der Waals surface area contributed by atoms with Crippen LogP contribution in [0.15, 0.2) is 0 Å². The van der Waals surface area contributed by atoms with Gasteiger partial charge in [0.1, 0.15) is 6.10 Å². The Kier molecular flexibility index (Phi) is 3.82. The van der Waals surface area contributed by atoms with E-state index >= 15 is 0 Å². The molecule has 3 unspecified atom stereocenters. The lowest BCUT2D eigenvalue weighted by Gasteiger charge is -2.58. The predicted molar refractivity (Wildman–Crippen MR) is 76.2 cm³/mol. The molecule has 2 saturated heterocycles. The Morgan fingerprint density at radius 3 is 2.74 bits per heavy atom. The van der Waals surface area contributed by atoms with Crippen LogP contribution in [0.3, 0.4) is 0 Å². The molecule has 2 aliphatic heterocycles. The maximum Gasteiger partial charge on any atom is 0.309 e. The van der Waals surface area contributed by atoms with Crippen LogP contribution in [0, 0.1) is 17.3 Å². The van der Waals surface area contributed by atoms with Gasteiger partial charge in [-0.3, -0.25) is 4.79 Å². The lowest BCUT2D eigenvalue weighted by Crippen LogP contribution is -2.65. The largest absolute Gasteiger partial charge is 0.461 e. The average molecular weight is 284 g/mol. The summed E-state index contributed by atoms with van der Waals surface area (Å²) in [6.07, 6.45) is 4.58. The van der Waals surface area contributed by atoms with E-state index in [9.17, 15) is 4.79 Å². The van der Waals surface area contributed by atoms with E-state index in [0.717, 1.165) is 43.8 Å². The molecule has 1 saturated carbocycles. The second-order valence-electron chi connectivity index (χ2n) is 6.66. The van der Waals surface area contributed by atoms with Crippen molar-refractivity contribution in [2.45, 2.75) is 51.7 Å². The van der Waals surface area contributed by atoms with E-state index in [4.69, 9.17) is 9.47 Å². The maximum absolute atomic E-state index is 12.3. The van der Waals surface area contributed by atoms with Crippen LogP contribution in [0.4, 0.5) is 0 Å². The van der Waals surface area contributed by atoms with Crippen LogP contribution >= 0.6 is 11.8 Å². The van der Waals surface area contributed by atoms with Crippen molar-refractivity contribution in [1.29, 1.82) is 0 Å². The minimum atomic E-state index is -0.00976. The van der Waals surface area contributed by atoms with Crippen molar-refractivity contribution in [3.05, 3.63) is 0 Å². The Balaban J connectivity index is 1.61. The van der Waals surface area contributed by atoms with Gasteiger partial charge in [0.15, 0.2) is 0 Å². The second kappa shape index (κ2) is 5.28. The van der Waals surface area contributed by atoms with Gasteiger partial charge in [0.05, 0.1) is 12.0 Å². The summed E-state index contributed by atoms with van der Waals surface area (Å²) < 4.78 is 11.7. The topological polar surface area (TPSA) is 35.5 Å². The number of carbonyl (C=O) groups is 1. The molecule has 1 aliphatic carbocycles. The summed E-state index contributed by atoms with van der Waals surface area (Å²) in [5.41, 5.74) is -0.00976. The zero-order valence-electron chi connectivity index (χ0n) is 11.9. The van der Waals surface area contributed by atoms with E-state index in [0.29, 0.717) is 12.0 Å². The molecule has 0 aromatic rings. The van der Waals surface area contributed by atoms with Crippen molar-refractivity contribution < 1.29 is 14.3 Å². The van der Waals surface area contributed by atoms with Gasteiger partial charge in [-0.05, 0) is 37.2 Å². The second-order valence-corrected chi connectivity index (χ2v) is 7.89. The molecule has 3 fully saturated rings. The first kappa shape index (κ1) is 13.7. The van der Waals surface area contributed by atoms with Gasteiger partial charge < -0.3 is 9.47 Å². The minimum absolute atomic E-state index is 0.00976. The van der Waals surface area contributed by atoms with Gasteiger partial charge in [0.25, 0.3) is 0 Å². The lowest BCUT2D eigenvalue weighted by molar-refractivity contribution is -0.256. The molecule has 108 valence electrons. The summed E-state index contributed by atoms with van der Waals surface area (Å²) in [4.78, 5) is 12.3. The molecule has 3 nitrogen and oxygen atoms in total. The quantitative estimate of drug-likeness (QED) is 0.731. The third-order valence-corrected chi connectivity index (χ3v) is 6.07. The summed E-state index contributed by atoms with van der Waals surface area (Å²) >= 11 is 1.94. The molecule has 0 N–H and O–H groups in total. The smallest absolute Gasteiger partial charge is 0.309 e. The molecule has 0 bridgehead atoms. The number of fused-ring (bicyclic) bond motifs is 1. The van der Waals surface area contributed by atoms with Gasteiger partial charge in [0, 0.05) is 17.9 Å². The number of rotatable bonds is 2. The van der Waals surface area contributed by atoms with Crippen molar-refractivity contribution in [3.8, 4) is 0 Å². The van der Waals surface area contributed by atoms with Crippen LogP contribution in [0.25, 0.3) is 0 Å². The van der Waals surface area contributed by atoms with Crippen molar-refractivity contribution in [1.82, 2.24) is 0 Å². The van der Waals surface area contributed by atoms with E-state index in [1.165, 1.54) is 0 Å². The van der Waals surface area contributed by atoms with Gasteiger partial charge in [-0.15, -0.1) is 0 Å². The van der Waals surface area contributed by atoms with Crippen LogP contribution in [-0.4, -0.2) is 36.3 Å². The van der Waals surface area contributed by atoms with Crippen molar-refractivity contribution in [2.24, 2.45) is 17.3 Å². The fourth-order valence-electron chi connectivity index (χ4n) is 3.87. The van der Waals surface area contributed by atoms with Crippen LogP contribution in [-0.2, 0) is 14.3 Å². The minimum Gasteiger partial charge on any atom is -0.461 e. The Bertz CT molecular complexity index is 349. The first-order chi connectivity index (χ1) is 9.10. The molecule has 3 aliphatic rings. The highest BCUT2D eigenvalue weighted by molar-refractivity contribution is 7.99. The highest BCUT2D eigenvalue weighted by atomic mass is 32.2. The predicted octanol–water partition coefficient (Wildman–Crippen LogP) is 2.88. The van der Waals surface area contributed by atoms with E-state index in [2.05, 4.69) is 13.8 Å². The van der Waals surface area contributed by atoms with Gasteiger partial charge in [-0.1, -0.05) is 13.8 Å². The van der Waals surface area contributed by atoms with Gasteiger partial charge in [-0.2, -0.15) is 11.8 Å². The van der Waals surface area contributed by atoms with Gasteiger partial charge in [0.2, 0.25) is 0 Å². The molecule has 0 aromatic heterocycles. The number of thioether (sulfide) groups is 1. The number of carbonyl (C=O) groups excluding carboxylic acids is 1. The molecular weight excluding hydrogens is 260 g/mol. The number of ether oxygens (including phenoxy) is 2. The Morgan fingerprint density at radius 2 is 2.00 bits per heavy atom. The van der Waals surface area contributed by atoms with Crippen molar-refractivity contribution >= 4 is 17.7 Å². The van der Waals surface area contributed by atoms with Crippen LogP contribution < -0.4 is 0 Å². The average Bonchev–Trinajstić information content (AvgIpc) is 2.45. The number of hydrogen-bond donors (Lipinski definition) is 0. The summed E-state index contributed by atoms with van der Waals surface area (Å²) in [5, 5.41) is 0. The Labute approximate surface area is 119 Å². The fraction of sp³-hybridized carbons (Fsp3) is 0.933. The molecule has 2 heterocycles. The van der Waals surface area contributed by atoms with Gasteiger partial charge >= 0.3 is 5.97 Å². The molecule has 0 aromatic carbocycles. The maximum atomic E-state index is 12.3.